The molecule has 0 aliphatic carbocycles. The summed E-state index contributed by atoms with van der Waals surface area (Å²) in [6.07, 6.45) is 4.54. The number of aryl methyl sites for hydroxylation is 3. The van der Waals surface area contributed by atoms with Crippen LogP contribution in [0, 0.1) is 5.92 Å². The van der Waals surface area contributed by atoms with Crippen molar-refractivity contribution >= 4 is 0 Å². The Bertz CT molecular complexity index is 424. The summed E-state index contributed by atoms with van der Waals surface area (Å²) in [6, 6.07) is 5.30. The van der Waals surface area contributed by atoms with E-state index in [1.807, 2.05) is 0 Å². The maximum absolute atomic E-state index is 5.66. The molecule has 0 aromatic heterocycles. The second-order valence-corrected chi connectivity index (χ2v) is 6.05. The number of hydrogen-bond donors (Lipinski definition) is 1. The Kier molecular flexibility index (Phi) is 6.25. The summed E-state index contributed by atoms with van der Waals surface area (Å²) in [5, 5.41) is 3.75. The van der Waals surface area contributed by atoms with Gasteiger partial charge in [0.1, 0.15) is 0 Å². The Labute approximate surface area is 130 Å². The molecular weight excluding hydrogens is 258 g/mol. The van der Waals surface area contributed by atoms with Gasteiger partial charge in [-0.25, -0.2) is 0 Å². The highest BCUT2D eigenvalue weighted by atomic mass is 16.5. The van der Waals surface area contributed by atoms with Crippen molar-refractivity contribution in [2.45, 2.75) is 59.4 Å². The van der Waals surface area contributed by atoms with Gasteiger partial charge in [-0.05, 0) is 54.5 Å². The molecule has 1 aromatic rings. The standard InChI is InChI=1S/C19H31NO/c1-5-14-11-15(6-2)18(16(7-3)12-14)19(20-8-4)17-9-10-21-13-17/h11-12,17,19-20H,5-10,13H2,1-4H3. The van der Waals surface area contributed by atoms with E-state index in [1.165, 1.54) is 23.1 Å². The Balaban J connectivity index is 2.46. The summed E-state index contributed by atoms with van der Waals surface area (Å²) in [5.74, 6) is 0.619. The van der Waals surface area contributed by atoms with Crippen LogP contribution in [0.4, 0.5) is 0 Å². The summed E-state index contributed by atoms with van der Waals surface area (Å²) in [4.78, 5) is 0. The van der Waals surface area contributed by atoms with Crippen molar-refractivity contribution in [1.29, 1.82) is 0 Å². The summed E-state index contributed by atoms with van der Waals surface area (Å²) >= 11 is 0. The molecule has 2 nitrogen and oxygen atoms in total. The minimum Gasteiger partial charge on any atom is -0.381 e. The first kappa shape index (κ1) is 16.5. The fourth-order valence-electron chi connectivity index (χ4n) is 3.58. The fourth-order valence-corrected chi connectivity index (χ4v) is 3.58. The van der Waals surface area contributed by atoms with Gasteiger partial charge in [0, 0.05) is 18.6 Å². The van der Waals surface area contributed by atoms with E-state index < -0.39 is 0 Å². The van der Waals surface area contributed by atoms with E-state index in [1.54, 1.807) is 5.56 Å². The first-order valence-electron chi connectivity index (χ1n) is 8.70. The van der Waals surface area contributed by atoms with Gasteiger partial charge in [-0.15, -0.1) is 0 Å². The molecule has 0 amide bonds. The monoisotopic (exact) mass is 289 g/mol. The molecule has 1 heterocycles. The number of hydrogen-bond acceptors (Lipinski definition) is 2. The Morgan fingerprint density at radius 1 is 1.10 bits per heavy atom. The maximum Gasteiger partial charge on any atom is 0.0513 e. The molecule has 2 rings (SSSR count). The van der Waals surface area contributed by atoms with Crippen LogP contribution in [0.3, 0.4) is 0 Å². The fraction of sp³-hybridized carbons (Fsp3) is 0.684. The van der Waals surface area contributed by atoms with Gasteiger partial charge in [0.05, 0.1) is 6.61 Å². The molecule has 1 fully saturated rings. The Hall–Kier alpha value is -0.860. The molecule has 1 saturated heterocycles. The maximum atomic E-state index is 5.66. The molecule has 0 saturated carbocycles. The van der Waals surface area contributed by atoms with E-state index in [4.69, 9.17) is 4.74 Å². The minimum atomic E-state index is 0.452. The third-order valence-corrected chi connectivity index (χ3v) is 4.75. The van der Waals surface area contributed by atoms with Crippen molar-refractivity contribution in [3.05, 3.63) is 34.4 Å². The van der Waals surface area contributed by atoms with Gasteiger partial charge in [-0.2, -0.15) is 0 Å². The summed E-state index contributed by atoms with van der Waals surface area (Å²) in [7, 11) is 0. The van der Waals surface area contributed by atoms with E-state index in [0.717, 1.165) is 39.0 Å². The average Bonchev–Trinajstić information content (AvgIpc) is 3.05. The van der Waals surface area contributed by atoms with E-state index in [-0.39, 0.29) is 0 Å². The third kappa shape index (κ3) is 3.67. The summed E-state index contributed by atoms with van der Waals surface area (Å²) < 4.78 is 5.66. The van der Waals surface area contributed by atoms with Crippen molar-refractivity contribution in [3.63, 3.8) is 0 Å². The highest BCUT2D eigenvalue weighted by molar-refractivity contribution is 5.42. The van der Waals surface area contributed by atoms with Crippen molar-refractivity contribution in [2.24, 2.45) is 5.92 Å². The van der Waals surface area contributed by atoms with Crippen molar-refractivity contribution in [1.82, 2.24) is 5.32 Å². The van der Waals surface area contributed by atoms with Crippen molar-refractivity contribution < 1.29 is 4.74 Å². The lowest BCUT2D eigenvalue weighted by molar-refractivity contribution is 0.176. The van der Waals surface area contributed by atoms with Crippen LogP contribution in [-0.4, -0.2) is 19.8 Å². The quantitative estimate of drug-likeness (QED) is 0.817. The summed E-state index contributed by atoms with van der Waals surface area (Å²) in [6.45, 7) is 11.9. The first-order chi connectivity index (χ1) is 10.2. The van der Waals surface area contributed by atoms with E-state index in [2.05, 4.69) is 45.1 Å². The zero-order chi connectivity index (χ0) is 15.2. The molecular formula is C19H31NO. The van der Waals surface area contributed by atoms with E-state index in [0.29, 0.717) is 12.0 Å². The number of nitrogens with one attached hydrogen (secondary N) is 1. The Morgan fingerprint density at radius 2 is 1.76 bits per heavy atom. The van der Waals surface area contributed by atoms with Crippen molar-refractivity contribution in [2.75, 3.05) is 19.8 Å². The van der Waals surface area contributed by atoms with Crippen LogP contribution >= 0.6 is 0 Å². The molecule has 0 radical (unpaired) electrons. The minimum absolute atomic E-state index is 0.452. The van der Waals surface area contributed by atoms with Crippen LogP contribution in [0.5, 0.6) is 0 Å². The van der Waals surface area contributed by atoms with Crippen LogP contribution in [0.1, 0.15) is 62.4 Å². The van der Waals surface area contributed by atoms with Gasteiger partial charge < -0.3 is 10.1 Å². The highest BCUT2D eigenvalue weighted by Crippen LogP contribution is 2.34. The number of rotatable bonds is 7. The SMILES string of the molecule is CCNC(c1c(CC)cc(CC)cc1CC)C1CCOC1. The largest absolute Gasteiger partial charge is 0.381 e. The predicted molar refractivity (Wildman–Crippen MR) is 89.9 cm³/mol. The highest BCUT2D eigenvalue weighted by Gasteiger charge is 2.29. The number of benzene rings is 1. The third-order valence-electron chi connectivity index (χ3n) is 4.75. The van der Waals surface area contributed by atoms with Gasteiger partial charge >= 0.3 is 0 Å². The number of ether oxygens (including phenoxy) is 1. The zero-order valence-corrected chi connectivity index (χ0v) is 14.2. The molecule has 1 N–H and O–H groups in total. The normalized spacial score (nSPS) is 19.9. The molecule has 2 atom stereocenters. The van der Waals surface area contributed by atoms with Gasteiger partial charge in [0.25, 0.3) is 0 Å². The van der Waals surface area contributed by atoms with Gasteiger partial charge in [-0.3, -0.25) is 0 Å². The second kappa shape index (κ2) is 7.95. The Morgan fingerprint density at radius 3 is 2.19 bits per heavy atom. The first-order valence-corrected chi connectivity index (χ1v) is 8.70. The second-order valence-electron chi connectivity index (χ2n) is 6.05. The van der Waals surface area contributed by atoms with Gasteiger partial charge in [0.2, 0.25) is 0 Å². The molecule has 0 spiro atoms. The predicted octanol–water partition coefficient (Wildman–Crippen LogP) is 4.06. The van der Waals surface area contributed by atoms with Gasteiger partial charge in [0.15, 0.2) is 0 Å². The van der Waals surface area contributed by atoms with Crippen LogP contribution < -0.4 is 5.32 Å². The molecule has 2 heteroatoms. The molecule has 1 aliphatic rings. The van der Waals surface area contributed by atoms with Gasteiger partial charge in [-0.1, -0.05) is 39.8 Å². The molecule has 118 valence electrons. The van der Waals surface area contributed by atoms with Crippen LogP contribution in [-0.2, 0) is 24.0 Å². The topological polar surface area (TPSA) is 21.3 Å². The lowest BCUT2D eigenvalue weighted by Gasteiger charge is -2.29. The van der Waals surface area contributed by atoms with E-state index in [9.17, 15) is 0 Å². The average molecular weight is 289 g/mol. The van der Waals surface area contributed by atoms with Crippen LogP contribution in [0.15, 0.2) is 12.1 Å². The molecule has 0 bridgehead atoms. The summed E-state index contributed by atoms with van der Waals surface area (Å²) in [5.41, 5.74) is 6.10. The molecule has 1 aromatic carbocycles. The lowest BCUT2D eigenvalue weighted by atomic mass is 9.83. The van der Waals surface area contributed by atoms with Crippen LogP contribution in [0.2, 0.25) is 0 Å². The molecule has 21 heavy (non-hydrogen) atoms. The zero-order valence-electron chi connectivity index (χ0n) is 14.2. The molecule has 1 aliphatic heterocycles. The van der Waals surface area contributed by atoms with Crippen LogP contribution in [0.25, 0.3) is 0 Å². The lowest BCUT2D eigenvalue weighted by Crippen LogP contribution is -2.30. The molecule has 2 unspecified atom stereocenters. The van der Waals surface area contributed by atoms with Crippen molar-refractivity contribution in [3.8, 4) is 0 Å². The smallest absolute Gasteiger partial charge is 0.0513 e. The van der Waals surface area contributed by atoms with E-state index >= 15 is 0 Å².